The van der Waals surface area contributed by atoms with Gasteiger partial charge in [-0.15, -0.1) is 0 Å². The summed E-state index contributed by atoms with van der Waals surface area (Å²) in [6.07, 6.45) is 1.64. The van der Waals surface area contributed by atoms with Crippen LogP contribution < -0.4 is 5.56 Å². The van der Waals surface area contributed by atoms with Crippen LogP contribution in [-0.2, 0) is 0 Å². The molecule has 3 N–H and O–H groups in total. The molecule has 1 aromatic heterocycles. The number of hydrogen-bond donors (Lipinski definition) is 3. The van der Waals surface area contributed by atoms with Crippen LogP contribution in [0.2, 0.25) is 0 Å². The van der Waals surface area contributed by atoms with Crippen LogP contribution in [0.3, 0.4) is 0 Å². The summed E-state index contributed by atoms with van der Waals surface area (Å²) in [4.78, 5) is 28.2. The number of benzene rings is 1. The molecular weight excluding hydrogens is 312 g/mol. The van der Waals surface area contributed by atoms with Gasteiger partial charge >= 0.3 is 5.69 Å². The number of nitro benzene ring substituents is 1. The molecule has 0 atom stereocenters. The van der Waals surface area contributed by atoms with Crippen molar-refractivity contribution < 1.29 is 15.1 Å². The maximum Gasteiger partial charge on any atom is 0.315 e. The van der Waals surface area contributed by atoms with Gasteiger partial charge in [-0.25, -0.2) is 4.98 Å². The van der Waals surface area contributed by atoms with Crippen molar-refractivity contribution in [2.75, 3.05) is 6.26 Å². The summed E-state index contributed by atoms with van der Waals surface area (Å²) in [6, 6.07) is 3.59. The van der Waals surface area contributed by atoms with E-state index in [9.17, 15) is 25.1 Å². The molecule has 10 heteroatoms. The minimum absolute atomic E-state index is 0.0278. The molecule has 2 aromatic rings. The van der Waals surface area contributed by atoms with E-state index >= 15 is 0 Å². The zero-order valence-corrected chi connectivity index (χ0v) is 11.8. The average molecular weight is 320 g/mol. The highest BCUT2D eigenvalue weighted by Crippen LogP contribution is 2.39. The number of hydrogen-bond acceptors (Lipinski definition) is 8. The zero-order chi connectivity index (χ0) is 16.4. The first-order chi connectivity index (χ1) is 10.4. The highest BCUT2D eigenvalue weighted by atomic mass is 32.2. The number of nitrogens with zero attached hydrogens (tertiary/aromatic N) is 3. The molecule has 22 heavy (non-hydrogen) atoms. The Morgan fingerprint density at radius 1 is 1.45 bits per heavy atom. The Hall–Kier alpha value is -3.06. The van der Waals surface area contributed by atoms with E-state index in [1.807, 2.05) is 0 Å². The number of aromatic hydroxyl groups is 2. The van der Waals surface area contributed by atoms with Gasteiger partial charge in [0.2, 0.25) is 5.75 Å². The Morgan fingerprint density at radius 2 is 2.14 bits per heavy atom. The lowest BCUT2D eigenvalue weighted by Crippen LogP contribution is -2.14. The largest absolute Gasteiger partial charge is 0.504 e. The van der Waals surface area contributed by atoms with Gasteiger partial charge in [0.25, 0.3) is 5.56 Å². The second-order valence-electron chi connectivity index (χ2n) is 4.03. The van der Waals surface area contributed by atoms with Gasteiger partial charge in [-0.2, -0.15) is 5.26 Å². The van der Waals surface area contributed by atoms with Crippen LogP contribution >= 0.6 is 11.8 Å². The molecule has 0 radical (unpaired) electrons. The summed E-state index contributed by atoms with van der Waals surface area (Å²) in [6.45, 7) is 0. The minimum atomic E-state index is -0.901. The molecule has 0 fully saturated rings. The predicted molar refractivity (Wildman–Crippen MR) is 76.8 cm³/mol. The Morgan fingerprint density at radius 3 is 2.68 bits per heavy atom. The van der Waals surface area contributed by atoms with Crippen molar-refractivity contribution in [3.05, 3.63) is 38.2 Å². The van der Waals surface area contributed by atoms with Crippen molar-refractivity contribution >= 4 is 17.4 Å². The van der Waals surface area contributed by atoms with Crippen LogP contribution in [0, 0.1) is 21.4 Å². The Kier molecular flexibility index (Phi) is 4.00. The van der Waals surface area contributed by atoms with E-state index in [4.69, 9.17) is 5.26 Å². The van der Waals surface area contributed by atoms with E-state index in [0.717, 1.165) is 23.9 Å². The molecule has 0 aliphatic rings. The minimum Gasteiger partial charge on any atom is -0.504 e. The maximum absolute atomic E-state index is 11.8. The number of phenols is 2. The van der Waals surface area contributed by atoms with Crippen molar-refractivity contribution in [3.63, 3.8) is 0 Å². The number of phenolic OH excluding ortho intramolecular Hbond substituents is 2. The number of aromatic amines is 1. The number of nitro groups is 1. The summed E-state index contributed by atoms with van der Waals surface area (Å²) < 4.78 is 0. The average Bonchev–Trinajstić information content (AvgIpc) is 2.48. The lowest BCUT2D eigenvalue weighted by Gasteiger charge is -2.07. The first-order valence-electron chi connectivity index (χ1n) is 5.68. The summed E-state index contributed by atoms with van der Waals surface area (Å²) in [5, 5.41) is 39.2. The molecule has 1 heterocycles. The standard InChI is InChI=1S/C12H8N4O5S/c1-22-12-14-9(6(4-13)11(19)15-12)5-2-7(16(20)21)10(18)8(17)3-5/h2-3,17-18H,1H3,(H,14,15,19). The number of H-pyrrole nitrogens is 1. The van der Waals surface area contributed by atoms with Crippen LogP contribution in [0.5, 0.6) is 11.5 Å². The molecular formula is C12H8N4O5S. The van der Waals surface area contributed by atoms with Crippen LogP contribution in [0.25, 0.3) is 11.3 Å². The normalized spacial score (nSPS) is 10.2. The van der Waals surface area contributed by atoms with Gasteiger partial charge in [0.05, 0.1) is 10.6 Å². The third-order valence-electron chi connectivity index (χ3n) is 2.74. The quantitative estimate of drug-likeness (QED) is 0.252. The molecule has 2 rings (SSSR count). The highest BCUT2D eigenvalue weighted by molar-refractivity contribution is 7.98. The molecule has 0 unspecified atom stereocenters. The molecule has 0 aliphatic heterocycles. The predicted octanol–water partition coefficient (Wildman–Crippen LogP) is 1.35. The van der Waals surface area contributed by atoms with E-state index in [-0.39, 0.29) is 22.0 Å². The third-order valence-corrected chi connectivity index (χ3v) is 3.32. The summed E-state index contributed by atoms with van der Waals surface area (Å²) >= 11 is 1.11. The number of aromatic nitrogens is 2. The number of rotatable bonds is 3. The van der Waals surface area contributed by atoms with Gasteiger partial charge in [-0.3, -0.25) is 14.9 Å². The van der Waals surface area contributed by atoms with E-state index in [1.54, 1.807) is 12.3 Å². The highest BCUT2D eigenvalue weighted by Gasteiger charge is 2.22. The molecule has 9 nitrogen and oxygen atoms in total. The van der Waals surface area contributed by atoms with E-state index in [1.165, 1.54) is 0 Å². The SMILES string of the molecule is CSc1nc(-c2cc(O)c(O)c([N+](=O)[O-])c2)c(C#N)c(=O)[nH]1. The smallest absolute Gasteiger partial charge is 0.315 e. The molecule has 0 amide bonds. The van der Waals surface area contributed by atoms with E-state index in [0.29, 0.717) is 0 Å². The zero-order valence-electron chi connectivity index (χ0n) is 11.0. The van der Waals surface area contributed by atoms with E-state index < -0.39 is 27.7 Å². The fraction of sp³-hybridized carbons (Fsp3) is 0.0833. The molecule has 0 bridgehead atoms. The molecule has 112 valence electrons. The van der Waals surface area contributed by atoms with Gasteiger partial charge in [-0.05, 0) is 12.3 Å². The van der Waals surface area contributed by atoms with Crippen molar-refractivity contribution in [1.29, 1.82) is 5.26 Å². The van der Waals surface area contributed by atoms with Crippen LogP contribution in [-0.4, -0.2) is 31.4 Å². The molecule has 0 saturated heterocycles. The van der Waals surface area contributed by atoms with Crippen LogP contribution in [0.1, 0.15) is 5.56 Å². The van der Waals surface area contributed by atoms with Gasteiger partial charge in [0, 0.05) is 11.6 Å². The first kappa shape index (κ1) is 15.3. The molecule has 0 spiro atoms. The molecule has 1 aromatic carbocycles. The Balaban J connectivity index is 2.82. The van der Waals surface area contributed by atoms with Crippen molar-refractivity contribution in [2.24, 2.45) is 0 Å². The van der Waals surface area contributed by atoms with Crippen molar-refractivity contribution in [1.82, 2.24) is 9.97 Å². The number of thioether (sulfide) groups is 1. The summed E-state index contributed by atoms with van der Waals surface area (Å²) in [7, 11) is 0. The fourth-order valence-electron chi connectivity index (χ4n) is 1.74. The second-order valence-corrected chi connectivity index (χ2v) is 4.83. The van der Waals surface area contributed by atoms with E-state index in [2.05, 4.69) is 9.97 Å². The van der Waals surface area contributed by atoms with Crippen molar-refractivity contribution in [3.8, 4) is 28.8 Å². The van der Waals surface area contributed by atoms with Gasteiger partial charge in [0.1, 0.15) is 11.6 Å². The van der Waals surface area contributed by atoms with Gasteiger partial charge in [-0.1, -0.05) is 11.8 Å². The van der Waals surface area contributed by atoms with Crippen molar-refractivity contribution in [2.45, 2.75) is 5.16 Å². The Bertz CT molecular complexity index is 871. The lowest BCUT2D eigenvalue weighted by molar-refractivity contribution is -0.385. The second kappa shape index (κ2) is 5.74. The number of nitriles is 1. The third kappa shape index (κ3) is 2.57. The van der Waals surface area contributed by atoms with Gasteiger partial charge < -0.3 is 15.2 Å². The fourth-order valence-corrected chi connectivity index (χ4v) is 2.12. The first-order valence-corrected chi connectivity index (χ1v) is 6.90. The lowest BCUT2D eigenvalue weighted by atomic mass is 10.1. The van der Waals surface area contributed by atoms with Crippen LogP contribution in [0.15, 0.2) is 22.1 Å². The maximum atomic E-state index is 11.8. The van der Waals surface area contributed by atoms with Crippen LogP contribution in [0.4, 0.5) is 5.69 Å². The Labute approximate surface area is 127 Å². The summed E-state index contributed by atoms with van der Waals surface area (Å²) in [5.41, 5.74) is -1.95. The topological polar surface area (TPSA) is 153 Å². The molecule has 0 saturated carbocycles. The molecule has 0 aliphatic carbocycles. The monoisotopic (exact) mass is 320 g/mol. The number of nitrogens with one attached hydrogen (secondary N) is 1. The summed E-state index contributed by atoms with van der Waals surface area (Å²) in [5.74, 6) is -1.65. The van der Waals surface area contributed by atoms with Gasteiger partial charge in [0.15, 0.2) is 10.9 Å².